The van der Waals surface area contributed by atoms with Gasteiger partial charge in [0, 0.05) is 27.9 Å². The molecule has 2 heterocycles. The Morgan fingerprint density at radius 1 is 0.467 bits per heavy atom. The maximum absolute atomic E-state index is 6.37. The van der Waals surface area contributed by atoms with Crippen LogP contribution in [-0.2, 0) is 0 Å². The van der Waals surface area contributed by atoms with Crippen LogP contribution in [0.5, 0.6) is 0 Å². The van der Waals surface area contributed by atoms with Crippen molar-refractivity contribution in [2.45, 2.75) is 0 Å². The molecular formula is C41H26N2O2. The third-order valence-corrected chi connectivity index (χ3v) is 8.47. The second-order valence-electron chi connectivity index (χ2n) is 11.2. The first-order valence-electron chi connectivity index (χ1n) is 15.0. The Balaban J connectivity index is 1.29. The summed E-state index contributed by atoms with van der Waals surface area (Å²) >= 11 is 0. The van der Waals surface area contributed by atoms with E-state index in [1.165, 1.54) is 10.8 Å². The minimum atomic E-state index is 0.596. The van der Waals surface area contributed by atoms with Crippen molar-refractivity contribution in [2.24, 2.45) is 0 Å². The Labute approximate surface area is 259 Å². The summed E-state index contributed by atoms with van der Waals surface area (Å²) in [5.74, 6) is 0.596. The summed E-state index contributed by atoms with van der Waals surface area (Å²) in [4.78, 5) is 7.31. The fraction of sp³-hybridized carbons (Fsp3) is 0. The third kappa shape index (κ3) is 4.27. The molecule has 45 heavy (non-hydrogen) atoms. The van der Waals surface area contributed by atoms with E-state index in [-0.39, 0.29) is 0 Å². The van der Waals surface area contributed by atoms with Gasteiger partial charge in [0.15, 0.2) is 5.58 Å². The molecule has 0 saturated carbocycles. The molecule has 0 bridgehead atoms. The molecule has 0 radical (unpaired) electrons. The highest BCUT2D eigenvalue weighted by Gasteiger charge is 2.21. The average molecular weight is 579 g/mol. The van der Waals surface area contributed by atoms with Gasteiger partial charge in [-0.2, -0.15) is 0 Å². The summed E-state index contributed by atoms with van der Waals surface area (Å²) in [6, 6.07) is 54.6. The first-order chi connectivity index (χ1) is 22.3. The minimum Gasteiger partial charge on any atom is -0.456 e. The van der Waals surface area contributed by atoms with Crippen LogP contribution in [0.4, 0.5) is 17.1 Å². The van der Waals surface area contributed by atoms with Gasteiger partial charge in [0.25, 0.3) is 0 Å². The zero-order chi connectivity index (χ0) is 29.7. The smallest absolute Gasteiger partial charge is 0.227 e. The van der Waals surface area contributed by atoms with Gasteiger partial charge in [-0.15, -0.1) is 0 Å². The number of rotatable bonds is 5. The van der Waals surface area contributed by atoms with E-state index in [9.17, 15) is 0 Å². The van der Waals surface area contributed by atoms with E-state index in [1.807, 2.05) is 42.5 Å². The SMILES string of the molecule is c1ccc(-c2nc3c(ccc4oc5ccc(N(c6ccc7ccccc7c6)c6ccccc6-c6ccccc6)cc5c43)o2)cc1. The molecule has 2 aromatic heterocycles. The predicted octanol–water partition coefficient (Wildman–Crippen LogP) is 11.7. The van der Waals surface area contributed by atoms with Crippen molar-refractivity contribution in [2.75, 3.05) is 4.90 Å². The molecule has 0 aliphatic rings. The second-order valence-corrected chi connectivity index (χ2v) is 11.2. The van der Waals surface area contributed by atoms with Crippen molar-refractivity contribution in [3.63, 3.8) is 0 Å². The highest BCUT2D eigenvalue weighted by molar-refractivity contribution is 6.17. The first kappa shape index (κ1) is 25.4. The average Bonchev–Trinajstić information content (AvgIpc) is 3.71. The van der Waals surface area contributed by atoms with Gasteiger partial charge >= 0.3 is 0 Å². The van der Waals surface area contributed by atoms with Crippen LogP contribution in [0.1, 0.15) is 0 Å². The number of para-hydroxylation sites is 1. The van der Waals surface area contributed by atoms with E-state index in [0.29, 0.717) is 5.89 Å². The molecule has 4 heteroatoms. The Bertz CT molecular complexity index is 2490. The van der Waals surface area contributed by atoms with Gasteiger partial charge in [0.05, 0.1) is 11.1 Å². The number of aromatic nitrogens is 1. The lowest BCUT2D eigenvalue weighted by Gasteiger charge is -2.28. The summed E-state index contributed by atoms with van der Waals surface area (Å²) in [6.07, 6.45) is 0. The lowest BCUT2D eigenvalue weighted by atomic mass is 10.0. The Morgan fingerprint density at radius 3 is 1.96 bits per heavy atom. The van der Waals surface area contributed by atoms with Crippen LogP contribution in [0.25, 0.3) is 66.4 Å². The van der Waals surface area contributed by atoms with Gasteiger partial charge in [0.2, 0.25) is 5.89 Å². The summed E-state index contributed by atoms with van der Waals surface area (Å²) in [6.45, 7) is 0. The number of hydrogen-bond acceptors (Lipinski definition) is 4. The molecule has 0 amide bonds. The summed E-state index contributed by atoms with van der Waals surface area (Å²) in [5, 5.41) is 4.33. The van der Waals surface area contributed by atoms with Gasteiger partial charge in [-0.1, -0.05) is 97.1 Å². The van der Waals surface area contributed by atoms with Gasteiger partial charge in [-0.25, -0.2) is 4.98 Å². The normalized spacial score (nSPS) is 11.6. The van der Waals surface area contributed by atoms with Crippen LogP contribution >= 0.6 is 0 Å². The van der Waals surface area contributed by atoms with Gasteiger partial charge in [0.1, 0.15) is 16.7 Å². The number of hydrogen-bond donors (Lipinski definition) is 0. The molecule has 4 nitrogen and oxygen atoms in total. The number of benzene rings is 7. The molecular weight excluding hydrogens is 552 g/mol. The highest BCUT2D eigenvalue weighted by atomic mass is 16.4. The van der Waals surface area contributed by atoms with E-state index in [1.54, 1.807) is 0 Å². The largest absolute Gasteiger partial charge is 0.456 e. The Hall–Kier alpha value is -6.13. The van der Waals surface area contributed by atoms with Crippen LogP contribution < -0.4 is 4.90 Å². The monoisotopic (exact) mass is 578 g/mol. The summed E-state index contributed by atoms with van der Waals surface area (Å²) in [7, 11) is 0. The van der Waals surface area contributed by atoms with Crippen molar-refractivity contribution in [3.8, 4) is 22.6 Å². The Morgan fingerprint density at radius 2 is 1.11 bits per heavy atom. The van der Waals surface area contributed by atoms with Crippen LogP contribution in [0.3, 0.4) is 0 Å². The van der Waals surface area contributed by atoms with E-state index in [0.717, 1.165) is 66.8 Å². The topological polar surface area (TPSA) is 42.4 Å². The van der Waals surface area contributed by atoms with Crippen molar-refractivity contribution in [1.29, 1.82) is 0 Å². The van der Waals surface area contributed by atoms with E-state index >= 15 is 0 Å². The number of fused-ring (bicyclic) bond motifs is 6. The fourth-order valence-electron chi connectivity index (χ4n) is 6.36. The maximum Gasteiger partial charge on any atom is 0.227 e. The molecule has 0 spiro atoms. The number of nitrogens with zero attached hydrogens (tertiary/aromatic N) is 2. The quantitative estimate of drug-likeness (QED) is 0.204. The predicted molar refractivity (Wildman–Crippen MR) is 184 cm³/mol. The lowest BCUT2D eigenvalue weighted by Crippen LogP contribution is -2.11. The van der Waals surface area contributed by atoms with Crippen molar-refractivity contribution >= 4 is 60.9 Å². The van der Waals surface area contributed by atoms with Gasteiger partial charge in [-0.05, 0) is 77.0 Å². The number of anilines is 3. The molecule has 0 unspecified atom stereocenters. The molecule has 0 N–H and O–H groups in total. The second kappa shape index (κ2) is 10.2. The highest BCUT2D eigenvalue weighted by Crippen LogP contribution is 2.44. The van der Waals surface area contributed by atoms with E-state index in [2.05, 4.69) is 120 Å². The van der Waals surface area contributed by atoms with Crippen molar-refractivity contribution < 1.29 is 8.83 Å². The number of furan rings is 1. The molecule has 0 aliphatic heterocycles. The van der Waals surface area contributed by atoms with Crippen LogP contribution in [-0.4, -0.2) is 4.98 Å². The standard InChI is InChI=1S/C41H26N2O2/c1-3-12-28(13-4-1)33-17-9-10-18-35(33)43(31-20-19-27-11-7-8-16-30(27)25-31)32-21-22-36-34(26-32)39-37(44-36)23-24-38-40(39)42-41(45-38)29-14-5-2-6-15-29/h1-26H. The molecule has 0 aliphatic carbocycles. The zero-order valence-electron chi connectivity index (χ0n) is 24.2. The zero-order valence-corrected chi connectivity index (χ0v) is 24.2. The van der Waals surface area contributed by atoms with E-state index in [4.69, 9.17) is 13.8 Å². The van der Waals surface area contributed by atoms with Crippen LogP contribution in [0, 0.1) is 0 Å². The molecule has 0 atom stereocenters. The minimum absolute atomic E-state index is 0.596. The van der Waals surface area contributed by atoms with E-state index < -0.39 is 0 Å². The molecule has 9 aromatic rings. The van der Waals surface area contributed by atoms with Crippen molar-refractivity contribution in [3.05, 3.63) is 158 Å². The molecule has 9 rings (SSSR count). The number of oxazole rings is 1. The summed E-state index contributed by atoms with van der Waals surface area (Å²) in [5.41, 5.74) is 9.54. The third-order valence-electron chi connectivity index (χ3n) is 8.47. The molecule has 212 valence electrons. The molecule has 7 aromatic carbocycles. The van der Waals surface area contributed by atoms with Gasteiger partial charge < -0.3 is 13.7 Å². The maximum atomic E-state index is 6.37. The van der Waals surface area contributed by atoms with Crippen molar-refractivity contribution in [1.82, 2.24) is 4.98 Å². The van der Waals surface area contributed by atoms with Crippen LogP contribution in [0.2, 0.25) is 0 Å². The molecule has 0 fully saturated rings. The Kier molecular flexibility index (Phi) is 5.78. The van der Waals surface area contributed by atoms with Crippen LogP contribution in [0.15, 0.2) is 167 Å². The fourth-order valence-corrected chi connectivity index (χ4v) is 6.36. The summed E-state index contributed by atoms with van der Waals surface area (Å²) < 4.78 is 12.6. The van der Waals surface area contributed by atoms with Gasteiger partial charge in [-0.3, -0.25) is 0 Å². The first-order valence-corrected chi connectivity index (χ1v) is 15.0. The lowest BCUT2D eigenvalue weighted by molar-refractivity contribution is 0.619. The molecule has 0 saturated heterocycles.